The topological polar surface area (TPSA) is 54.5 Å². The van der Waals surface area contributed by atoms with E-state index in [2.05, 4.69) is 47.9 Å². The maximum Gasteiger partial charge on any atom is 0.219 e. The number of piperazine rings is 1. The van der Waals surface area contributed by atoms with Crippen molar-refractivity contribution in [3.63, 3.8) is 0 Å². The van der Waals surface area contributed by atoms with Crippen LogP contribution in [0.3, 0.4) is 0 Å². The quantitative estimate of drug-likeness (QED) is 0.333. The van der Waals surface area contributed by atoms with Gasteiger partial charge in [0.05, 0.1) is 25.3 Å². The summed E-state index contributed by atoms with van der Waals surface area (Å²) in [6.07, 6.45) is 4.43. The third-order valence-corrected chi connectivity index (χ3v) is 8.73. The smallest absolute Gasteiger partial charge is 0.219 e. The molecule has 1 amide bonds. The molecule has 0 spiro atoms. The molecule has 0 aromatic heterocycles. The molecule has 2 aliphatic rings. The Balaban J connectivity index is 1.38. The Labute approximate surface area is 238 Å². The third-order valence-electron chi connectivity index (χ3n) is 8.42. The lowest BCUT2D eigenvalue weighted by Gasteiger charge is -2.49. The van der Waals surface area contributed by atoms with Gasteiger partial charge in [0.15, 0.2) is 0 Å². The summed E-state index contributed by atoms with van der Waals surface area (Å²) in [6.45, 7) is 11.5. The molecule has 2 saturated heterocycles. The predicted molar refractivity (Wildman–Crippen MR) is 157 cm³/mol. The lowest BCUT2D eigenvalue weighted by Crippen LogP contribution is -2.56. The average molecular weight is 558 g/mol. The van der Waals surface area contributed by atoms with Crippen LogP contribution in [0.15, 0.2) is 30.3 Å². The minimum absolute atomic E-state index is 0.0722. The first kappa shape index (κ1) is 29.5. The van der Waals surface area contributed by atoms with E-state index in [9.17, 15) is 4.79 Å². The first-order valence-corrected chi connectivity index (χ1v) is 14.5. The summed E-state index contributed by atoms with van der Waals surface area (Å²) in [7, 11) is 3.32. The Morgan fingerprint density at radius 3 is 2.59 bits per heavy atom. The molecule has 2 aromatic carbocycles. The predicted octanol–water partition coefficient (Wildman–Crippen LogP) is 5.65. The number of hydrogen-bond acceptors (Lipinski definition) is 6. The molecule has 7 nitrogen and oxygen atoms in total. The van der Waals surface area contributed by atoms with Gasteiger partial charge in [-0.05, 0) is 74.4 Å². The van der Waals surface area contributed by atoms with Crippen LogP contribution in [0.25, 0.3) is 0 Å². The van der Waals surface area contributed by atoms with Crippen LogP contribution in [0.4, 0.5) is 5.69 Å². The third kappa shape index (κ3) is 7.00. The van der Waals surface area contributed by atoms with Crippen molar-refractivity contribution in [2.45, 2.75) is 58.5 Å². The number of carbonyl (C=O) groups is 1. The Bertz CT molecular complexity index is 1130. The van der Waals surface area contributed by atoms with Crippen molar-refractivity contribution < 1.29 is 19.0 Å². The second-order valence-corrected chi connectivity index (χ2v) is 11.1. The second-order valence-electron chi connectivity index (χ2n) is 10.7. The molecule has 0 bridgehead atoms. The molecule has 4 rings (SSSR count). The zero-order valence-corrected chi connectivity index (χ0v) is 24.9. The molecule has 39 heavy (non-hydrogen) atoms. The van der Waals surface area contributed by atoms with Crippen molar-refractivity contribution in [2.24, 2.45) is 0 Å². The number of rotatable bonds is 11. The molecule has 214 valence electrons. The second kappa shape index (κ2) is 13.7. The molecule has 2 atom stereocenters. The number of piperidine rings is 1. The molecular weight excluding hydrogens is 514 g/mol. The number of benzene rings is 2. The van der Waals surface area contributed by atoms with Gasteiger partial charge in [-0.25, -0.2) is 0 Å². The summed E-state index contributed by atoms with van der Waals surface area (Å²) in [5, 5.41) is 0.649. The number of ether oxygens (including phenoxy) is 3. The van der Waals surface area contributed by atoms with Crippen LogP contribution in [0.1, 0.15) is 55.3 Å². The van der Waals surface area contributed by atoms with Crippen molar-refractivity contribution in [2.75, 3.05) is 65.1 Å². The summed E-state index contributed by atoms with van der Waals surface area (Å²) in [5.41, 5.74) is 5.14. The molecule has 2 aliphatic heterocycles. The molecule has 0 saturated carbocycles. The van der Waals surface area contributed by atoms with Crippen LogP contribution in [-0.2, 0) is 9.53 Å². The maximum atomic E-state index is 11.8. The Hall–Kier alpha value is -2.48. The number of halogens is 1. The van der Waals surface area contributed by atoms with Crippen molar-refractivity contribution in [1.29, 1.82) is 0 Å². The standard InChI is InChI=1S/C31H44ClN3O4/c1-22-23(2)30(39-18-7-14-33(24(3)36)17-19-37-4)13-11-27(22)29-9-6-8-26-21-34(15-16-35(26)29)25-10-12-28(32)31(20-25)38-5/h10-13,20,26,29H,6-9,14-19,21H2,1-5H3/t26-,29+/m0/s1. The number of amides is 1. The van der Waals surface area contributed by atoms with E-state index >= 15 is 0 Å². The van der Waals surface area contributed by atoms with Gasteiger partial charge in [-0.1, -0.05) is 17.7 Å². The van der Waals surface area contributed by atoms with Crippen LogP contribution in [0.2, 0.25) is 5.02 Å². The van der Waals surface area contributed by atoms with E-state index in [-0.39, 0.29) is 5.91 Å². The molecule has 2 aromatic rings. The van der Waals surface area contributed by atoms with E-state index in [1.165, 1.54) is 41.6 Å². The van der Waals surface area contributed by atoms with Gasteiger partial charge in [0.2, 0.25) is 5.91 Å². The zero-order valence-electron chi connectivity index (χ0n) is 24.2. The molecule has 8 heteroatoms. The highest BCUT2D eigenvalue weighted by Gasteiger charge is 2.36. The normalized spacial score (nSPS) is 19.5. The highest BCUT2D eigenvalue weighted by molar-refractivity contribution is 6.32. The fraction of sp³-hybridized carbons (Fsp3) is 0.581. The van der Waals surface area contributed by atoms with Gasteiger partial charge >= 0.3 is 0 Å². The number of carbonyl (C=O) groups excluding carboxylic acids is 1. The van der Waals surface area contributed by atoms with Gasteiger partial charge in [-0.3, -0.25) is 9.69 Å². The fourth-order valence-corrected chi connectivity index (χ4v) is 6.26. The van der Waals surface area contributed by atoms with Gasteiger partial charge < -0.3 is 24.0 Å². The summed E-state index contributed by atoms with van der Waals surface area (Å²) < 4.78 is 16.8. The van der Waals surface area contributed by atoms with Crippen molar-refractivity contribution in [3.8, 4) is 11.5 Å². The minimum atomic E-state index is 0.0722. The van der Waals surface area contributed by atoms with Crippen LogP contribution in [0.5, 0.6) is 11.5 Å². The van der Waals surface area contributed by atoms with Crippen molar-refractivity contribution in [1.82, 2.24) is 9.80 Å². The van der Waals surface area contributed by atoms with E-state index in [1.54, 1.807) is 21.1 Å². The Morgan fingerprint density at radius 1 is 1.03 bits per heavy atom. The van der Waals surface area contributed by atoms with E-state index in [4.69, 9.17) is 25.8 Å². The number of anilines is 1. The SMILES string of the molecule is COCCN(CCCOc1ccc([C@H]2CCC[C@H]3CN(c4ccc(Cl)c(OC)c4)CCN32)c(C)c1C)C(C)=O. The van der Waals surface area contributed by atoms with Gasteiger partial charge in [0, 0.05) is 70.6 Å². The number of methoxy groups -OCH3 is 2. The zero-order chi connectivity index (χ0) is 27.9. The van der Waals surface area contributed by atoms with Crippen molar-refractivity contribution >= 4 is 23.2 Å². The summed E-state index contributed by atoms with van der Waals surface area (Å²) in [5.74, 6) is 1.74. The largest absolute Gasteiger partial charge is 0.495 e. The van der Waals surface area contributed by atoms with Gasteiger partial charge in [-0.2, -0.15) is 0 Å². The van der Waals surface area contributed by atoms with E-state index in [1.807, 2.05) is 11.0 Å². The van der Waals surface area contributed by atoms with Gasteiger partial charge in [0.25, 0.3) is 0 Å². The number of nitrogens with zero attached hydrogens (tertiary/aromatic N) is 3. The van der Waals surface area contributed by atoms with E-state index in [0.29, 0.717) is 43.4 Å². The molecule has 0 unspecified atom stereocenters. The molecule has 0 radical (unpaired) electrons. The van der Waals surface area contributed by atoms with Gasteiger partial charge in [0.1, 0.15) is 11.5 Å². The molecule has 2 heterocycles. The average Bonchev–Trinajstić information content (AvgIpc) is 2.94. The first-order chi connectivity index (χ1) is 18.8. The molecule has 0 N–H and O–H groups in total. The summed E-state index contributed by atoms with van der Waals surface area (Å²) in [6, 6.07) is 11.5. The fourth-order valence-electron chi connectivity index (χ4n) is 6.06. The van der Waals surface area contributed by atoms with Crippen LogP contribution >= 0.6 is 11.6 Å². The number of fused-ring (bicyclic) bond motifs is 1. The minimum Gasteiger partial charge on any atom is -0.495 e. The monoisotopic (exact) mass is 557 g/mol. The van der Waals surface area contributed by atoms with Crippen molar-refractivity contribution in [3.05, 3.63) is 52.0 Å². The maximum absolute atomic E-state index is 11.8. The Kier molecular flexibility index (Phi) is 10.4. The number of hydrogen-bond donors (Lipinski definition) is 0. The molecule has 0 aliphatic carbocycles. The van der Waals surface area contributed by atoms with Gasteiger partial charge in [-0.15, -0.1) is 0 Å². The first-order valence-electron chi connectivity index (χ1n) is 14.2. The van der Waals surface area contributed by atoms with E-state index in [0.717, 1.165) is 37.6 Å². The van der Waals surface area contributed by atoms with E-state index < -0.39 is 0 Å². The Morgan fingerprint density at radius 2 is 1.85 bits per heavy atom. The van der Waals surface area contributed by atoms with Crippen LogP contribution in [0, 0.1) is 13.8 Å². The summed E-state index contributed by atoms with van der Waals surface area (Å²) in [4.78, 5) is 18.9. The lowest BCUT2D eigenvalue weighted by atomic mass is 9.86. The summed E-state index contributed by atoms with van der Waals surface area (Å²) >= 11 is 6.27. The highest BCUT2D eigenvalue weighted by atomic mass is 35.5. The molecular formula is C31H44ClN3O4. The lowest BCUT2D eigenvalue weighted by molar-refractivity contribution is -0.129. The molecule has 2 fully saturated rings. The highest BCUT2D eigenvalue weighted by Crippen LogP contribution is 2.40. The van der Waals surface area contributed by atoms with Crippen LogP contribution < -0.4 is 14.4 Å². The van der Waals surface area contributed by atoms with Crippen LogP contribution in [-0.4, -0.2) is 81.9 Å².